The molecule has 1 aromatic rings. The van der Waals surface area contributed by atoms with Crippen molar-refractivity contribution in [2.45, 2.75) is 26.4 Å². The Morgan fingerprint density at radius 2 is 1.68 bits per heavy atom. The van der Waals surface area contributed by atoms with E-state index in [0.717, 1.165) is 0 Å². The Kier molecular flexibility index (Phi) is 4.48. The van der Waals surface area contributed by atoms with Crippen molar-refractivity contribution in [3.8, 4) is 0 Å². The molecule has 22 heavy (non-hydrogen) atoms. The third-order valence-corrected chi connectivity index (χ3v) is 3.11. The van der Waals surface area contributed by atoms with Gasteiger partial charge in [0.15, 0.2) is 0 Å². The highest BCUT2D eigenvalue weighted by Gasteiger charge is 2.28. The summed E-state index contributed by atoms with van der Waals surface area (Å²) in [6.45, 7) is 7.21. The molecule has 0 bridgehead atoms. The number of amides is 2. The molecule has 0 aromatic carbocycles. The van der Waals surface area contributed by atoms with Gasteiger partial charge in [0.2, 0.25) is 0 Å². The second-order valence-corrected chi connectivity index (χ2v) is 6.09. The monoisotopic (exact) mass is 307 g/mol. The molecule has 0 spiro atoms. The van der Waals surface area contributed by atoms with Gasteiger partial charge in [-0.1, -0.05) is 0 Å². The van der Waals surface area contributed by atoms with E-state index >= 15 is 0 Å². The molecule has 1 saturated heterocycles. The van der Waals surface area contributed by atoms with E-state index < -0.39 is 5.60 Å². The van der Waals surface area contributed by atoms with Gasteiger partial charge < -0.3 is 20.3 Å². The van der Waals surface area contributed by atoms with Crippen molar-refractivity contribution in [1.29, 1.82) is 0 Å². The van der Waals surface area contributed by atoms with Crippen LogP contribution in [0.25, 0.3) is 0 Å². The third-order valence-electron chi connectivity index (χ3n) is 3.11. The minimum atomic E-state index is -0.524. The first-order valence-corrected chi connectivity index (χ1v) is 7.11. The summed E-state index contributed by atoms with van der Waals surface area (Å²) in [7, 11) is 0. The van der Waals surface area contributed by atoms with Gasteiger partial charge in [0, 0.05) is 26.2 Å². The zero-order valence-electron chi connectivity index (χ0n) is 13.1. The number of nitrogens with two attached hydrogens (primary N) is 1. The number of anilines is 1. The molecule has 0 aliphatic carbocycles. The van der Waals surface area contributed by atoms with Gasteiger partial charge in [-0.05, 0) is 20.8 Å². The van der Waals surface area contributed by atoms with Crippen LogP contribution >= 0.6 is 0 Å². The van der Waals surface area contributed by atoms with Crippen LogP contribution in [-0.2, 0) is 4.74 Å². The van der Waals surface area contributed by atoms with Gasteiger partial charge in [-0.15, -0.1) is 0 Å². The zero-order valence-corrected chi connectivity index (χ0v) is 13.1. The molecule has 1 aliphatic rings. The number of aromatic nitrogens is 2. The maximum absolute atomic E-state index is 12.3. The zero-order chi connectivity index (χ0) is 16.3. The van der Waals surface area contributed by atoms with Gasteiger partial charge in [-0.3, -0.25) is 4.79 Å². The Morgan fingerprint density at radius 3 is 2.18 bits per heavy atom. The molecule has 0 radical (unpaired) electrons. The molecule has 0 saturated carbocycles. The minimum absolute atomic E-state index is 0.212. The Bertz CT molecular complexity index is 545. The number of ether oxygens (including phenoxy) is 1. The van der Waals surface area contributed by atoms with Gasteiger partial charge >= 0.3 is 6.09 Å². The number of carbonyl (C=O) groups excluding carboxylic acids is 2. The molecule has 8 heteroatoms. The van der Waals surface area contributed by atoms with Crippen molar-refractivity contribution in [3.05, 3.63) is 18.1 Å². The van der Waals surface area contributed by atoms with Crippen molar-refractivity contribution < 1.29 is 14.3 Å². The van der Waals surface area contributed by atoms with Gasteiger partial charge in [0.05, 0.1) is 12.4 Å². The SMILES string of the molecule is CC(C)(C)OC(=O)N1CCN(C(=O)c2cnc(N)cn2)CC1. The summed E-state index contributed by atoms with van der Waals surface area (Å²) in [6.07, 6.45) is 2.36. The Morgan fingerprint density at radius 1 is 1.09 bits per heavy atom. The number of nitrogens with zero attached hydrogens (tertiary/aromatic N) is 4. The van der Waals surface area contributed by atoms with Crippen LogP contribution in [0.1, 0.15) is 31.3 Å². The molecule has 8 nitrogen and oxygen atoms in total. The van der Waals surface area contributed by atoms with Crippen LogP contribution < -0.4 is 5.73 Å². The van der Waals surface area contributed by atoms with Crippen molar-refractivity contribution in [2.75, 3.05) is 31.9 Å². The maximum atomic E-state index is 12.3. The summed E-state index contributed by atoms with van der Waals surface area (Å²) < 4.78 is 5.32. The standard InChI is InChI=1S/C14H21N5O3/c1-14(2,3)22-13(21)19-6-4-18(5-7-19)12(20)10-8-17-11(15)9-16-10/h8-9H,4-7H2,1-3H3,(H2,15,17). The molecular weight excluding hydrogens is 286 g/mol. The van der Waals surface area contributed by atoms with Crippen LogP contribution in [0.3, 0.4) is 0 Å². The second-order valence-electron chi connectivity index (χ2n) is 6.09. The van der Waals surface area contributed by atoms with Crippen LogP contribution in [0.2, 0.25) is 0 Å². The number of carbonyl (C=O) groups is 2. The van der Waals surface area contributed by atoms with E-state index in [1.807, 2.05) is 20.8 Å². The molecule has 2 amide bonds. The highest BCUT2D eigenvalue weighted by Crippen LogP contribution is 2.13. The highest BCUT2D eigenvalue weighted by atomic mass is 16.6. The number of nitrogen functional groups attached to an aromatic ring is 1. The van der Waals surface area contributed by atoms with Gasteiger partial charge in [0.1, 0.15) is 17.1 Å². The van der Waals surface area contributed by atoms with E-state index in [2.05, 4.69) is 9.97 Å². The fourth-order valence-electron chi connectivity index (χ4n) is 2.03. The lowest BCUT2D eigenvalue weighted by molar-refractivity contribution is 0.0140. The predicted octanol–water partition coefficient (Wildman–Crippen LogP) is 0.752. The van der Waals surface area contributed by atoms with Crippen LogP contribution in [0.5, 0.6) is 0 Å². The van der Waals surface area contributed by atoms with E-state index in [9.17, 15) is 9.59 Å². The Balaban J connectivity index is 1.90. The molecule has 0 atom stereocenters. The summed E-state index contributed by atoms with van der Waals surface area (Å²) in [6, 6.07) is 0. The summed E-state index contributed by atoms with van der Waals surface area (Å²) >= 11 is 0. The number of piperazine rings is 1. The van der Waals surface area contributed by atoms with E-state index in [0.29, 0.717) is 26.2 Å². The predicted molar refractivity (Wildman–Crippen MR) is 80.2 cm³/mol. The molecule has 1 aliphatic heterocycles. The van der Waals surface area contributed by atoms with E-state index in [4.69, 9.17) is 10.5 Å². The fourth-order valence-corrected chi connectivity index (χ4v) is 2.03. The van der Waals surface area contributed by atoms with Crippen molar-refractivity contribution in [1.82, 2.24) is 19.8 Å². The average molecular weight is 307 g/mol. The first-order chi connectivity index (χ1) is 10.3. The summed E-state index contributed by atoms with van der Waals surface area (Å²) in [4.78, 5) is 35.3. The van der Waals surface area contributed by atoms with Crippen LogP contribution in [-0.4, -0.2) is 63.5 Å². The van der Waals surface area contributed by atoms with Crippen molar-refractivity contribution >= 4 is 17.8 Å². The molecule has 1 aromatic heterocycles. The number of hydrogen-bond donors (Lipinski definition) is 1. The molecule has 1 fully saturated rings. The lowest BCUT2D eigenvalue weighted by Gasteiger charge is -2.35. The Hall–Kier alpha value is -2.38. The normalized spacial score (nSPS) is 15.6. The minimum Gasteiger partial charge on any atom is -0.444 e. The molecular formula is C14H21N5O3. The van der Waals surface area contributed by atoms with Crippen LogP contribution in [0.15, 0.2) is 12.4 Å². The second kappa shape index (κ2) is 6.17. The molecule has 0 unspecified atom stereocenters. The topological polar surface area (TPSA) is 102 Å². The largest absolute Gasteiger partial charge is 0.444 e. The number of rotatable bonds is 1. The molecule has 2 N–H and O–H groups in total. The van der Waals surface area contributed by atoms with Crippen LogP contribution in [0.4, 0.5) is 10.6 Å². The highest BCUT2D eigenvalue weighted by molar-refractivity contribution is 5.92. The first kappa shape index (κ1) is 16.0. The lowest BCUT2D eigenvalue weighted by atomic mass is 10.2. The molecule has 2 rings (SSSR count). The van der Waals surface area contributed by atoms with E-state index in [1.54, 1.807) is 9.80 Å². The first-order valence-electron chi connectivity index (χ1n) is 7.11. The van der Waals surface area contributed by atoms with Crippen LogP contribution in [0, 0.1) is 0 Å². The van der Waals surface area contributed by atoms with Crippen molar-refractivity contribution in [2.24, 2.45) is 0 Å². The molecule has 2 heterocycles. The smallest absolute Gasteiger partial charge is 0.410 e. The van der Waals surface area contributed by atoms with Gasteiger partial charge in [0.25, 0.3) is 5.91 Å². The summed E-state index contributed by atoms with van der Waals surface area (Å²) in [5, 5.41) is 0. The fraction of sp³-hybridized carbons (Fsp3) is 0.571. The molecule has 120 valence electrons. The quantitative estimate of drug-likeness (QED) is 0.821. The van der Waals surface area contributed by atoms with E-state index in [1.165, 1.54) is 12.4 Å². The van der Waals surface area contributed by atoms with Crippen molar-refractivity contribution in [3.63, 3.8) is 0 Å². The Labute approximate surface area is 129 Å². The average Bonchev–Trinajstić information content (AvgIpc) is 2.46. The maximum Gasteiger partial charge on any atom is 0.410 e. The third kappa shape index (κ3) is 4.06. The summed E-state index contributed by atoms with van der Waals surface area (Å²) in [5.41, 5.74) is 5.18. The number of hydrogen-bond acceptors (Lipinski definition) is 6. The lowest BCUT2D eigenvalue weighted by Crippen LogP contribution is -2.51. The van der Waals surface area contributed by atoms with Gasteiger partial charge in [-0.25, -0.2) is 14.8 Å². The van der Waals surface area contributed by atoms with Gasteiger partial charge in [-0.2, -0.15) is 0 Å². The van der Waals surface area contributed by atoms with E-state index in [-0.39, 0.29) is 23.5 Å². The summed E-state index contributed by atoms with van der Waals surface area (Å²) in [5.74, 6) is 0.0580.